The van der Waals surface area contributed by atoms with Gasteiger partial charge in [-0.1, -0.05) is 0 Å². The fourth-order valence-corrected chi connectivity index (χ4v) is 1.94. The maximum absolute atomic E-state index is 12.1. The highest BCUT2D eigenvalue weighted by molar-refractivity contribution is 4.81. The van der Waals surface area contributed by atoms with Gasteiger partial charge in [-0.15, -0.1) is 0 Å². The average molecular weight is 303 g/mol. The summed E-state index contributed by atoms with van der Waals surface area (Å²) in [5.74, 6) is 0. The zero-order chi connectivity index (χ0) is 16.3. The van der Waals surface area contributed by atoms with E-state index in [1.165, 1.54) is 20.8 Å². The van der Waals surface area contributed by atoms with Crippen LogP contribution in [0.1, 0.15) is 20.8 Å². The van der Waals surface area contributed by atoms with E-state index >= 15 is 0 Å². The van der Waals surface area contributed by atoms with Crippen molar-refractivity contribution >= 4 is 0 Å². The van der Waals surface area contributed by atoms with Crippen LogP contribution in [0.25, 0.3) is 0 Å². The van der Waals surface area contributed by atoms with Crippen LogP contribution in [0.4, 0.5) is 0 Å². The molecule has 0 aromatic carbocycles. The second-order valence-corrected chi connectivity index (χ2v) is 5.23. The molecule has 1 heterocycles. The van der Waals surface area contributed by atoms with Crippen molar-refractivity contribution in [2.45, 2.75) is 58.7 Å². The minimum Gasteiger partial charge on any atom is -0.392 e. The van der Waals surface area contributed by atoms with Crippen LogP contribution in [0, 0.1) is 0 Å². The molecule has 0 saturated carbocycles. The maximum Gasteiger partial charge on any atom is 0.336 e. The van der Waals surface area contributed by atoms with Crippen LogP contribution in [0.2, 0.25) is 0 Å². The van der Waals surface area contributed by atoms with Crippen molar-refractivity contribution in [3.63, 3.8) is 0 Å². The largest absolute Gasteiger partial charge is 0.392 e. The normalized spacial score (nSPS) is 15.7. The monoisotopic (exact) mass is 303 g/mol. The van der Waals surface area contributed by atoms with E-state index in [4.69, 9.17) is 0 Å². The summed E-state index contributed by atoms with van der Waals surface area (Å²) < 4.78 is 2.16. The number of hydrogen-bond acceptors (Lipinski definition) is 6. The van der Waals surface area contributed by atoms with Gasteiger partial charge in [-0.3, -0.25) is 0 Å². The second-order valence-electron chi connectivity index (χ2n) is 5.23. The molecule has 1 aromatic heterocycles. The van der Waals surface area contributed by atoms with E-state index in [1.54, 1.807) is 0 Å². The number of aliphatic hydroxyl groups is 3. The topological polar surface area (TPSA) is 127 Å². The standard InChI is InChI=1S/C12H21N3O6/c1-7(16)4-13-10(19)14(5-8(2)17)12(21)15(11(13)20)6-9(3)18/h7-9,16-18H,4-6H2,1-3H3. The summed E-state index contributed by atoms with van der Waals surface area (Å²) in [6.07, 6.45) is -2.89. The molecule has 0 aliphatic rings. The molecule has 3 N–H and O–H groups in total. The van der Waals surface area contributed by atoms with E-state index < -0.39 is 35.4 Å². The second kappa shape index (κ2) is 6.83. The van der Waals surface area contributed by atoms with Gasteiger partial charge in [0.2, 0.25) is 0 Å². The Morgan fingerprint density at radius 1 is 0.667 bits per heavy atom. The molecule has 0 radical (unpaired) electrons. The van der Waals surface area contributed by atoms with Crippen LogP contribution >= 0.6 is 0 Å². The molecule has 3 unspecified atom stereocenters. The van der Waals surface area contributed by atoms with E-state index in [1.807, 2.05) is 0 Å². The summed E-state index contributed by atoms with van der Waals surface area (Å²) in [5.41, 5.74) is -2.68. The maximum atomic E-state index is 12.1. The molecule has 0 spiro atoms. The number of aromatic nitrogens is 3. The Kier molecular flexibility index (Phi) is 5.64. The Morgan fingerprint density at radius 3 is 1.00 bits per heavy atom. The van der Waals surface area contributed by atoms with Crippen molar-refractivity contribution in [3.8, 4) is 0 Å². The van der Waals surface area contributed by atoms with Crippen LogP contribution in [0.5, 0.6) is 0 Å². The van der Waals surface area contributed by atoms with Crippen molar-refractivity contribution in [2.24, 2.45) is 0 Å². The lowest BCUT2D eigenvalue weighted by Gasteiger charge is -2.16. The predicted molar refractivity (Wildman–Crippen MR) is 74.3 cm³/mol. The highest BCUT2D eigenvalue weighted by Gasteiger charge is 2.18. The van der Waals surface area contributed by atoms with Crippen molar-refractivity contribution in [1.82, 2.24) is 13.7 Å². The number of rotatable bonds is 6. The molecule has 9 nitrogen and oxygen atoms in total. The van der Waals surface area contributed by atoms with E-state index in [-0.39, 0.29) is 19.6 Å². The zero-order valence-electron chi connectivity index (χ0n) is 12.3. The molecule has 0 fully saturated rings. The lowest BCUT2D eigenvalue weighted by molar-refractivity contribution is 0.146. The van der Waals surface area contributed by atoms with Crippen LogP contribution < -0.4 is 17.1 Å². The average Bonchev–Trinajstić information content (AvgIpc) is 2.35. The molecule has 21 heavy (non-hydrogen) atoms. The van der Waals surface area contributed by atoms with E-state index in [9.17, 15) is 29.7 Å². The smallest absolute Gasteiger partial charge is 0.336 e. The summed E-state index contributed by atoms with van der Waals surface area (Å²) in [7, 11) is 0. The van der Waals surface area contributed by atoms with Gasteiger partial charge < -0.3 is 15.3 Å². The fraction of sp³-hybridized carbons (Fsp3) is 0.750. The third-order valence-electron chi connectivity index (χ3n) is 2.73. The Bertz CT molecular complexity index is 532. The third kappa shape index (κ3) is 4.13. The van der Waals surface area contributed by atoms with Crippen molar-refractivity contribution < 1.29 is 15.3 Å². The summed E-state index contributed by atoms with van der Waals surface area (Å²) in [6, 6.07) is 0. The van der Waals surface area contributed by atoms with E-state index in [0.717, 1.165) is 13.7 Å². The van der Waals surface area contributed by atoms with Crippen LogP contribution in [-0.2, 0) is 19.6 Å². The van der Waals surface area contributed by atoms with Gasteiger partial charge >= 0.3 is 17.1 Å². The molecule has 0 aliphatic heterocycles. The van der Waals surface area contributed by atoms with Crippen molar-refractivity contribution in [1.29, 1.82) is 0 Å². The van der Waals surface area contributed by atoms with Crippen LogP contribution in [0.15, 0.2) is 14.4 Å². The molecule has 9 heteroatoms. The lowest BCUT2D eigenvalue weighted by atomic mass is 10.4. The first-order chi connectivity index (χ1) is 9.65. The van der Waals surface area contributed by atoms with Gasteiger partial charge in [-0.05, 0) is 20.8 Å². The molecule has 0 amide bonds. The SMILES string of the molecule is CC(O)Cn1c(=O)n(CC(C)O)c(=O)n(CC(C)O)c1=O. The Labute approximate surface area is 120 Å². The van der Waals surface area contributed by atoms with E-state index in [0.29, 0.717) is 0 Å². The third-order valence-corrected chi connectivity index (χ3v) is 2.73. The Hall–Kier alpha value is -1.71. The van der Waals surface area contributed by atoms with Crippen LogP contribution in [0.3, 0.4) is 0 Å². The summed E-state index contributed by atoms with van der Waals surface area (Å²) in [5, 5.41) is 28.1. The van der Waals surface area contributed by atoms with Gasteiger partial charge in [-0.2, -0.15) is 0 Å². The molecule has 0 bridgehead atoms. The highest BCUT2D eigenvalue weighted by Crippen LogP contribution is 1.88. The lowest BCUT2D eigenvalue weighted by Crippen LogP contribution is -2.56. The molecule has 1 aromatic rings. The predicted octanol–water partition coefficient (Wildman–Crippen LogP) is -2.69. The first-order valence-electron chi connectivity index (χ1n) is 6.63. The first-order valence-corrected chi connectivity index (χ1v) is 6.63. The zero-order valence-corrected chi connectivity index (χ0v) is 12.3. The molecule has 1 rings (SSSR count). The van der Waals surface area contributed by atoms with Gasteiger partial charge in [-0.25, -0.2) is 28.1 Å². The van der Waals surface area contributed by atoms with Gasteiger partial charge in [0.05, 0.1) is 37.9 Å². The summed E-state index contributed by atoms with van der Waals surface area (Å²) >= 11 is 0. The van der Waals surface area contributed by atoms with Gasteiger partial charge in [0.15, 0.2) is 0 Å². The fourth-order valence-electron chi connectivity index (χ4n) is 1.94. The Balaban J connectivity index is 3.62. The number of aliphatic hydroxyl groups excluding tert-OH is 3. The highest BCUT2D eigenvalue weighted by atomic mass is 16.3. The molecule has 3 atom stereocenters. The molecule has 0 saturated heterocycles. The number of hydrogen-bond donors (Lipinski definition) is 3. The van der Waals surface area contributed by atoms with Gasteiger partial charge in [0, 0.05) is 0 Å². The molecular weight excluding hydrogens is 282 g/mol. The first kappa shape index (κ1) is 17.3. The molecule has 120 valence electrons. The van der Waals surface area contributed by atoms with E-state index in [2.05, 4.69) is 0 Å². The molecule has 0 aliphatic carbocycles. The van der Waals surface area contributed by atoms with Gasteiger partial charge in [0.1, 0.15) is 0 Å². The number of nitrogens with zero attached hydrogens (tertiary/aromatic N) is 3. The summed E-state index contributed by atoms with van der Waals surface area (Å²) in [6.45, 7) is 3.35. The van der Waals surface area contributed by atoms with Gasteiger partial charge in [0.25, 0.3) is 0 Å². The molecular formula is C12H21N3O6. The quantitative estimate of drug-likeness (QED) is 0.525. The van der Waals surface area contributed by atoms with Crippen molar-refractivity contribution in [2.75, 3.05) is 0 Å². The minimum atomic E-state index is -0.965. The minimum absolute atomic E-state index is 0.280. The van der Waals surface area contributed by atoms with Crippen molar-refractivity contribution in [3.05, 3.63) is 31.5 Å². The van der Waals surface area contributed by atoms with Crippen LogP contribution in [-0.4, -0.2) is 47.3 Å². The summed E-state index contributed by atoms with van der Waals surface area (Å²) in [4.78, 5) is 36.4. The Morgan fingerprint density at radius 2 is 0.857 bits per heavy atom.